The fraction of sp³-hybridized carbons (Fsp3) is 0.333. The zero-order valence-electron chi connectivity index (χ0n) is 22.3. The molecule has 200 valence electrons. The number of aryl methyl sites for hydroxylation is 1. The normalized spacial score (nSPS) is 19.1. The van der Waals surface area contributed by atoms with Crippen LogP contribution in [0.2, 0.25) is 0 Å². The molecule has 3 atom stereocenters. The molecule has 0 spiro atoms. The molecule has 2 aromatic heterocycles. The largest absolute Gasteiger partial charge is 1.00 e. The quantitative estimate of drug-likeness (QED) is 0.109. The first-order valence-corrected chi connectivity index (χ1v) is 14.5. The second-order valence-electron chi connectivity index (χ2n) is 8.47. The van der Waals surface area contributed by atoms with Crippen molar-refractivity contribution in [3.63, 3.8) is 0 Å². The molecular weight excluding hydrogens is 573 g/mol. The number of hydrogen-bond acceptors (Lipinski definition) is 10. The van der Waals surface area contributed by atoms with E-state index in [-0.39, 0.29) is 43.3 Å². The summed E-state index contributed by atoms with van der Waals surface area (Å²) >= 11 is 4.15. The average molecular weight is 598 g/mol. The number of para-hydroxylation sites is 1. The van der Waals surface area contributed by atoms with E-state index in [0.29, 0.717) is 22.6 Å². The molecule has 0 aliphatic carbocycles. The van der Waals surface area contributed by atoms with Crippen molar-refractivity contribution in [3.8, 4) is 0 Å². The van der Waals surface area contributed by atoms with Crippen LogP contribution in [-0.4, -0.2) is 78.1 Å². The maximum atomic E-state index is 13.4. The number of fused-ring (bicyclic) bond motifs is 2. The van der Waals surface area contributed by atoms with Gasteiger partial charge in [-0.3, -0.25) is 14.5 Å². The van der Waals surface area contributed by atoms with Gasteiger partial charge >= 0.3 is 41.5 Å². The van der Waals surface area contributed by atoms with Crippen LogP contribution in [0.1, 0.15) is 19.4 Å². The average Bonchev–Trinajstić information content (AvgIpc) is 3.51. The molecule has 5 rings (SSSR count). The van der Waals surface area contributed by atoms with E-state index in [4.69, 9.17) is 4.74 Å². The summed E-state index contributed by atoms with van der Waals surface area (Å²) in [5.41, 5.74) is 1.19. The predicted octanol–water partition coefficient (Wildman–Crippen LogP) is -0.447. The van der Waals surface area contributed by atoms with Crippen LogP contribution < -0.4 is 34.9 Å². The number of aliphatic carboxylic acids is 1. The molecule has 2 aliphatic rings. The Labute approximate surface area is 259 Å². The zero-order valence-corrected chi connectivity index (χ0v) is 25.8. The Kier molecular flexibility index (Phi) is 9.45. The van der Waals surface area contributed by atoms with Crippen LogP contribution in [0.15, 0.2) is 52.1 Å². The van der Waals surface area contributed by atoms with Crippen LogP contribution in [0.5, 0.6) is 0 Å². The van der Waals surface area contributed by atoms with Gasteiger partial charge in [0.1, 0.15) is 22.1 Å². The number of rotatable bonds is 9. The van der Waals surface area contributed by atoms with E-state index in [9.17, 15) is 24.3 Å². The van der Waals surface area contributed by atoms with Gasteiger partial charge < -0.3 is 21.2 Å². The molecule has 3 aromatic rings. The molecule has 2 amide bonds. The van der Waals surface area contributed by atoms with Gasteiger partial charge in [0.05, 0.1) is 6.61 Å². The number of benzene rings is 1. The third kappa shape index (κ3) is 5.77. The Morgan fingerprint density at radius 1 is 1.28 bits per heavy atom. The van der Waals surface area contributed by atoms with E-state index in [1.165, 1.54) is 44.3 Å². The number of carboxylic acids is 1. The predicted molar refractivity (Wildman–Crippen MR) is 144 cm³/mol. The first-order valence-electron chi connectivity index (χ1n) is 11.7. The van der Waals surface area contributed by atoms with Gasteiger partial charge in [-0.25, -0.2) is 9.59 Å². The molecule has 1 saturated heterocycles. The first-order chi connectivity index (χ1) is 18.3. The molecular formula is C24H24N5NaO6S3. The molecule has 11 nitrogen and oxygen atoms in total. The Balaban J connectivity index is 0.00000220. The van der Waals surface area contributed by atoms with Crippen LogP contribution in [0.25, 0.3) is 10.9 Å². The number of ether oxygens (including phenoxy) is 1. The minimum atomic E-state index is -1.35. The van der Waals surface area contributed by atoms with Gasteiger partial charge in [-0.05, 0) is 36.9 Å². The molecule has 0 saturated carbocycles. The van der Waals surface area contributed by atoms with Crippen molar-refractivity contribution in [3.05, 3.63) is 52.8 Å². The summed E-state index contributed by atoms with van der Waals surface area (Å²) in [6.45, 7) is 3.57. The van der Waals surface area contributed by atoms with Crippen LogP contribution in [0.3, 0.4) is 0 Å². The smallest absolute Gasteiger partial charge is 1.00 e. The molecule has 2 N–H and O–H groups in total. The van der Waals surface area contributed by atoms with Crippen molar-refractivity contribution in [1.82, 2.24) is 25.0 Å². The van der Waals surface area contributed by atoms with Crippen molar-refractivity contribution < 1.29 is 60.0 Å². The van der Waals surface area contributed by atoms with Crippen molar-refractivity contribution in [1.29, 1.82) is 0 Å². The number of carboxylic acid groups (broad SMARTS) is 1. The monoisotopic (exact) mass is 597 g/mol. The van der Waals surface area contributed by atoms with Gasteiger partial charge in [-0.1, -0.05) is 41.3 Å². The summed E-state index contributed by atoms with van der Waals surface area (Å²) in [4.78, 5) is 52.8. The summed E-state index contributed by atoms with van der Waals surface area (Å²) in [6.07, 6.45) is 1.63. The third-order valence-electron chi connectivity index (χ3n) is 6.09. The van der Waals surface area contributed by atoms with E-state index < -0.39 is 41.2 Å². The van der Waals surface area contributed by atoms with Crippen LogP contribution in [-0.2, 0) is 23.9 Å². The van der Waals surface area contributed by atoms with E-state index in [1.807, 2.05) is 19.1 Å². The Morgan fingerprint density at radius 2 is 2.05 bits per heavy atom. The first kappa shape index (κ1) is 29.6. The van der Waals surface area contributed by atoms with Gasteiger partial charge in [0.2, 0.25) is 6.04 Å². The fourth-order valence-corrected chi connectivity index (χ4v) is 7.71. The molecule has 1 fully saturated rings. The molecule has 15 heteroatoms. The van der Waals surface area contributed by atoms with Crippen molar-refractivity contribution in [2.75, 3.05) is 18.1 Å². The topological polar surface area (TPSA) is 144 Å². The van der Waals surface area contributed by atoms with E-state index in [1.54, 1.807) is 31.3 Å². The zero-order chi connectivity index (χ0) is 27.0. The van der Waals surface area contributed by atoms with E-state index in [2.05, 4.69) is 15.5 Å². The number of hydrogen-bond donors (Lipinski definition) is 2. The summed E-state index contributed by atoms with van der Waals surface area (Å²) < 4.78 is 7.41. The fourth-order valence-electron chi connectivity index (χ4n) is 4.41. The van der Waals surface area contributed by atoms with Gasteiger partial charge in [-0.15, -0.1) is 22.0 Å². The number of carbonyl (C=O) groups excluding carboxylic acids is 3. The number of thioether (sulfide) groups is 2. The van der Waals surface area contributed by atoms with Crippen LogP contribution in [0.4, 0.5) is 0 Å². The van der Waals surface area contributed by atoms with Crippen molar-refractivity contribution >= 4 is 69.5 Å². The Morgan fingerprint density at radius 3 is 2.74 bits per heavy atom. The SMILES string of the molecule is CCOC(=O)C(C(=O)NC1C(=O)N2C(C(=O)O)=C(CSc3nnc(C)s3)CSC12)n1ccc2ccccc21.[H-].[Na+]. The molecule has 1 aromatic carbocycles. The molecule has 4 heterocycles. The van der Waals surface area contributed by atoms with Crippen LogP contribution in [0, 0.1) is 6.92 Å². The minimum absolute atomic E-state index is 0. The summed E-state index contributed by atoms with van der Waals surface area (Å²) in [6, 6.07) is 6.77. The number of amides is 2. The Bertz CT molecular complexity index is 1480. The number of carbonyl (C=O) groups is 4. The number of nitrogens with zero attached hydrogens (tertiary/aromatic N) is 4. The second kappa shape index (κ2) is 12.4. The summed E-state index contributed by atoms with van der Waals surface area (Å²) in [5, 5.41) is 21.7. The van der Waals surface area contributed by atoms with Gasteiger partial charge in [-0.2, -0.15) is 0 Å². The van der Waals surface area contributed by atoms with Gasteiger partial charge in [0, 0.05) is 23.2 Å². The number of aromatic nitrogens is 3. The summed E-state index contributed by atoms with van der Waals surface area (Å²) in [7, 11) is 0. The molecule has 3 unspecified atom stereocenters. The summed E-state index contributed by atoms with van der Waals surface area (Å²) in [5.74, 6) is -2.47. The van der Waals surface area contributed by atoms with E-state index in [0.717, 1.165) is 14.7 Å². The third-order valence-corrected chi connectivity index (χ3v) is 9.49. The molecule has 39 heavy (non-hydrogen) atoms. The van der Waals surface area contributed by atoms with Gasteiger partial charge in [0.15, 0.2) is 4.34 Å². The maximum Gasteiger partial charge on any atom is 1.00 e. The van der Waals surface area contributed by atoms with Crippen LogP contribution >= 0.6 is 34.9 Å². The number of nitrogens with one attached hydrogen (secondary N) is 1. The van der Waals surface area contributed by atoms with E-state index >= 15 is 0 Å². The number of β-lactam (4-membered cyclic amide) rings is 1. The minimum Gasteiger partial charge on any atom is -1.00 e. The van der Waals surface area contributed by atoms with Crippen molar-refractivity contribution in [2.24, 2.45) is 0 Å². The molecule has 0 radical (unpaired) electrons. The number of esters is 1. The maximum absolute atomic E-state index is 13.4. The van der Waals surface area contributed by atoms with Gasteiger partial charge in [0.25, 0.3) is 11.8 Å². The molecule has 2 aliphatic heterocycles. The second-order valence-corrected chi connectivity index (χ2v) is 12.0. The van der Waals surface area contributed by atoms with Crippen molar-refractivity contribution in [2.45, 2.75) is 35.6 Å². The Hall–Kier alpha value is -2.36. The molecule has 0 bridgehead atoms. The standard InChI is InChI=1S/C24H23N5O6S3.Na.H/c1-3-35-23(34)18(28-9-8-13-6-4-5-7-15(13)28)19(30)25-16-20(31)29-17(22(32)33)14(10-36-21(16)29)11-37-24-27-26-12(2)38-24;;/h4-9,16,18,21H,3,10-11H2,1-2H3,(H,25,30)(H,32,33);;/q;+1;-1.